The van der Waals surface area contributed by atoms with E-state index >= 15 is 0 Å². The van der Waals surface area contributed by atoms with Crippen molar-refractivity contribution in [1.29, 1.82) is 0 Å². The number of hydrogen-bond donors (Lipinski definition) is 1. The molecule has 1 aliphatic heterocycles. The number of fused-ring (bicyclic) bond motifs is 3. The minimum absolute atomic E-state index is 0.283. The van der Waals surface area contributed by atoms with Gasteiger partial charge < -0.3 is 9.15 Å². The molecule has 2 unspecified atom stereocenters. The van der Waals surface area contributed by atoms with Crippen molar-refractivity contribution in [3.05, 3.63) is 114 Å². The van der Waals surface area contributed by atoms with Crippen molar-refractivity contribution >= 4 is 10.0 Å². The summed E-state index contributed by atoms with van der Waals surface area (Å²) >= 11 is 0. The zero-order chi connectivity index (χ0) is 20.7. The smallest absolute Gasteiger partial charge is 0.223 e. The first-order valence-corrected chi connectivity index (χ1v) is 11.1. The molecule has 1 aliphatic rings. The summed E-state index contributed by atoms with van der Waals surface area (Å²) in [7, 11) is -3.94. The van der Waals surface area contributed by atoms with E-state index in [9.17, 15) is 8.42 Å². The maximum atomic E-state index is 12.4. The average molecular weight is 417 g/mol. The molecule has 5 nitrogen and oxygen atoms in total. The summed E-state index contributed by atoms with van der Waals surface area (Å²) in [6.45, 7) is 0. The second kappa shape index (κ2) is 7.16. The van der Waals surface area contributed by atoms with E-state index in [0.29, 0.717) is 5.56 Å². The molecule has 0 saturated heterocycles. The Bertz CT molecular complexity index is 1300. The van der Waals surface area contributed by atoms with Gasteiger partial charge in [-0.2, -0.15) is 0 Å². The van der Waals surface area contributed by atoms with Crippen LogP contribution in [0.2, 0.25) is 0 Å². The fraction of sp³-hybridized carbons (Fsp3) is 0.0833. The average Bonchev–Trinajstić information content (AvgIpc) is 3.27. The predicted octanol–water partition coefficient (Wildman–Crippen LogP) is 4.81. The summed E-state index contributed by atoms with van der Waals surface area (Å²) in [5.41, 5.74) is 4.38. The van der Waals surface area contributed by atoms with Crippen LogP contribution in [0.3, 0.4) is 0 Å². The Morgan fingerprint density at radius 1 is 0.833 bits per heavy atom. The van der Waals surface area contributed by atoms with Crippen LogP contribution in [0.15, 0.2) is 95.6 Å². The highest BCUT2D eigenvalue weighted by molar-refractivity contribution is 7.89. The molecule has 0 saturated carbocycles. The van der Waals surface area contributed by atoms with Crippen LogP contribution in [-0.4, -0.2) is 8.42 Å². The van der Waals surface area contributed by atoms with Crippen LogP contribution in [0.25, 0.3) is 11.1 Å². The van der Waals surface area contributed by atoms with Crippen molar-refractivity contribution < 1.29 is 17.6 Å². The van der Waals surface area contributed by atoms with E-state index in [-0.39, 0.29) is 11.9 Å². The lowest BCUT2D eigenvalue weighted by atomic mass is 9.88. The van der Waals surface area contributed by atoms with Crippen molar-refractivity contribution in [3.8, 4) is 16.9 Å². The first-order chi connectivity index (χ1) is 14.5. The van der Waals surface area contributed by atoms with Gasteiger partial charge in [0.15, 0.2) is 5.25 Å². The van der Waals surface area contributed by atoms with Crippen LogP contribution in [0.4, 0.5) is 0 Å². The Morgan fingerprint density at radius 3 is 2.33 bits per heavy atom. The number of sulfonamides is 1. The normalized spacial score (nSPS) is 16.2. The van der Waals surface area contributed by atoms with Gasteiger partial charge in [0.1, 0.15) is 17.6 Å². The molecule has 0 amide bonds. The molecule has 6 heteroatoms. The predicted molar refractivity (Wildman–Crippen MR) is 114 cm³/mol. The fourth-order valence-corrected chi connectivity index (χ4v) is 5.00. The summed E-state index contributed by atoms with van der Waals surface area (Å²) in [6.07, 6.45) is 1.08. The second-order valence-electron chi connectivity index (χ2n) is 7.24. The van der Waals surface area contributed by atoms with Crippen LogP contribution in [-0.2, 0) is 10.0 Å². The lowest BCUT2D eigenvalue weighted by Crippen LogP contribution is -2.23. The minimum Gasteiger partial charge on any atom is -0.480 e. The molecule has 4 aromatic rings. The number of primary sulfonamides is 1. The highest BCUT2D eigenvalue weighted by atomic mass is 32.2. The van der Waals surface area contributed by atoms with Crippen LogP contribution >= 0.6 is 0 Å². The summed E-state index contributed by atoms with van der Waals surface area (Å²) in [5, 5.41) is 4.49. The Morgan fingerprint density at radius 2 is 1.60 bits per heavy atom. The topological polar surface area (TPSA) is 82.5 Å². The SMILES string of the molecule is NS(=O)(=O)C(c1ccc2c(c1)C(c1ccccc1)Oc1ccccc1-2)c1ccco1. The van der Waals surface area contributed by atoms with Gasteiger partial charge in [0.25, 0.3) is 0 Å². The summed E-state index contributed by atoms with van der Waals surface area (Å²) in [6, 6.07) is 26.6. The molecule has 2 atom stereocenters. The fourth-order valence-electron chi connectivity index (χ4n) is 4.02. The summed E-state index contributed by atoms with van der Waals surface area (Å²) in [4.78, 5) is 0. The zero-order valence-electron chi connectivity index (χ0n) is 15.9. The van der Waals surface area contributed by atoms with Crippen molar-refractivity contribution in [2.75, 3.05) is 0 Å². The molecular weight excluding hydrogens is 398 g/mol. The van der Waals surface area contributed by atoms with Gasteiger partial charge >= 0.3 is 0 Å². The van der Waals surface area contributed by atoms with E-state index in [2.05, 4.69) is 0 Å². The molecule has 1 aromatic heterocycles. The first-order valence-electron chi connectivity index (χ1n) is 9.52. The van der Waals surface area contributed by atoms with Gasteiger partial charge in [0.2, 0.25) is 10.0 Å². The first kappa shape index (κ1) is 18.7. The van der Waals surface area contributed by atoms with Crippen molar-refractivity contribution in [1.82, 2.24) is 0 Å². The molecule has 0 bridgehead atoms. The molecule has 0 fully saturated rings. The third-order valence-electron chi connectivity index (χ3n) is 5.32. The molecule has 3 aromatic carbocycles. The summed E-state index contributed by atoms with van der Waals surface area (Å²) in [5.74, 6) is 1.08. The van der Waals surface area contributed by atoms with Crippen LogP contribution in [0.1, 0.15) is 33.8 Å². The number of para-hydroxylation sites is 1. The Labute approximate surface area is 174 Å². The van der Waals surface area contributed by atoms with E-state index < -0.39 is 15.3 Å². The number of nitrogens with two attached hydrogens (primary N) is 1. The quantitative estimate of drug-likeness (QED) is 0.517. The lowest BCUT2D eigenvalue weighted by molar-refractivity contribution is 0.243. The van der Waals surface area contributed by atoms with Crippen molar-refractivity contribution in [3.63, 3.8) is 0 Å². The third kappa shape index (κ3) is 3.20. The van der Waals surface area contributed by atoms with Crippen molar-refractivity contribution in [2.24, 2.45) is 5.14 Å². The Hall–Kier alpha value is -3.35. The number of hydrogen-bond acceptors (Lipinski definition) is 4. The molecule has 0 spiro atoms. The highest BCUT2D eigenvalue weighted by Gasteiger charge is 2.32. The van der Waals surface area contributed by atoms with Gasteiger partial charge in [-0.3, -0.25) is 0 Å². The van der Waals surface area contributed by atoms with E-state index in [0.717, 1.165) is 28.0 Å². The van der Waals surface area contributed by atoms with E-state index in [1.54, 1.807) is 18.2 Å². The maximum Gasteiger partial charge on any atom is 0.223 e. The third-order valence-corrected chi connectivity index (χ3v) is 6.48. The van der Waals surface area contributed by atoms with Gasteiger partial charge in [-0.25, -0.2) is 13.6 Å². The number of rotatable bonds is 4. The van der Waals surface area contributed by atoms with Gasteiger partial charge in [-0.15, -0.1) is 0 Å². The molecule has 150 valence electrons. The highest BCUT2D eigenvalue weighted by Crippen LogP contribution is 2.46. The van der Waals surface area contributed by atoms with Gasteiger partial charge in [-0.05, 0) is 41.0 Å². The molecule has 2 heterocycles. The summed E-state index contributed by atoms with van der Waals surface area (Å²) < 4.78 is 36.6. The number of benzene rings is 3. The van der Waals surface area contributed by atoms with Crippen LogP contribution in [0, 0.1) is 0 Å². The maximum absolute atomic E-state index is 12.4. The number of furan rings is 1. The van der Waals surface area contributed by atoms with Crippen LogP contribution in [0.5, 0.6) is 5.75 Å². The van der Waals surface area contributed by atoms with Crippen LogP contribution < -0.4 is 9.88 Å². The standard InChI is InChI=1S/C24H19NO4S/c25-30(26,27)24(22-11-6-14-28-22)17-12-13-18-19-9-4-5-10-21(19)29-23(20(18)15-17)16-7-2-1-3-8-16/h1-15,23-24H,(H2,25,26,27). The molecule has 0 radical (unpaired) electrons. The zero-order valence-corrected chi connectivity index (χ0v) is 16.8. The monoisotopic (exact) mass is 417 g/mol. The molecule has 5 rings (SSSR count). The van der Waals surface area contributed by atoms with E-state index in [1.807, 2.05) is 66.7 Å². The molecule has 2 N–H and O–H groups in total. The molecular formula is C24H19NO4S. The largest absolute Gasteiger partial charge is 0.480 e. The number of ether oxygens (including phenoxy) is 1. The van der Waals surface area contributed by atoms with Crippen molar-refractivity contribution in [2.45, 2.75) is 11.4 Å². The lowest BCUT2D eigenvalue weighted by Gasteiger charge is -2.30. The van der Waals surface area contributed by atoms with Gasteiger partial charge in [0, 0.05) is 11.1 Å². The van der Waals surface area contributed by atoms with E-state index in [1.165, 1.54) is 6.26 Å². The van der Waals surface area contributed by atoms with E-state index in [4.69, 9.17) is 14.3 Å². The van der Waals surface area contributed by atoms with Gasteiger partial charge in [0.05, 0.1) is 6.26 Å². The Kier molecular flexibility index (Phi) is 4.46. The van der Waals surface area contributed by atoms with Gasteiger partial charge in [-0.1, -0.05) is 60.7 Å². The molecule has 0 aliphatic carbocycles. The second-order valence-corrected chi connectivity index (χ2v) is 8.89. The molecule has 30 heavy (non-hydrogen) atoms. The Balaban J connectivity index is 1.72. The minimum atomic E-state index is -3.94.